The van der Waals surface area contributed by atoms with Crippen LogP contribution in [0.1, 0.15) is 10.4 Å². The monoisotopic (exact) mass is 297 g/mol. The molecule has 0 saturated carbocycles. The molecule has 1 aromatic carbocycles. The summed E-state index contributed by atoms with van der Waals surface area (Å²) in [4.78, 5) is 15.0. The zero-order valence-corrected chi connectivity index (χ0v) is 11.4. The average molecular weight is 298 g/mol. The molecule has 0 aliphatic carbocycles. The molecule has 4 nitrogen and oxygen atoms in total. The third-order valence-corrected chi connectivity index (χ3v) is 3.20. The van der Waals surface area contributed by atoms with Gasteiger partial charge in [0.2, 0.25) is 0 Å². The normalized spacial score (nSPS) is 10.3. The highest BCUT2D eigenvalue weighted by Gasteiger charge is 2.19. The van der Waals surface area contributed by atoms with Gasteiger partial charge in [-0.05, 0) is 12.1 Å². The van der Waals surface area contributed by atoms with Gasteiger partial charge in [0.25, 0.3) is 0 Å². The third kappa shape index (κ3) is 2.37. The Hall–Kier alpha value is -1.78. The molecule has 2 rings (SSSR count). The number of carbonyl (C=O) groups excluding carboxylic acids is 1. The van der Waals surface area contributed by atoms with Crippen molar-refractivity contribution >= 4 is 29.5 Å². The minimum atomic E-state index is -0.192. The van der Waals surface area contributed by atoms with Crippen LogP contribution in [0.4, 0.5) is 0 Å². The van der Waals surface area contributed by atoms with Gasteiger partial charge >= 0.3 is 0 Å². The largest absolute Gasteiger partial charge is 0.504 e. The molecule has 0 spiro atoms. The highest BCUT2D eigenvalue weighted by Crippen LogP contribution is 2.44. The highest BCUT2D eigenvalue weighted by molar-refractivity contribution is 6.39. The highest BCUT2D eigenvalue weighted by atomic mass is 35.5. The Labute approximate surface area is 119 Å². The predicted octanol–water partition coefficient (Wildman–Crippen LogP) is 3.58. The molecule has 1 N–H and O–H groups in total. The van der Waals surface area contributed by atoms with Crippen molar-refractivity contribution in [1.29, 1.82) is 0 Å². The summed E-state index contributed by atoms with van der Waals surface area (Å²) in [5.74, 6) is 0.0339. The topological polar surface area (TPSA) is 59.4 Å². The quantitative estimate of drug-likeness (QED) is 0.880. The van der Waals surface area contributed by atoms with E-state index in [0.717, 1.165) is 0 Å². The molecule has 98 valence electrons. The SMILES string of the molecule is COc1ccc(C=O)c(-c2c(Cl)cncc2Cl)c1O. The third-order valence-electron chi connectivity index (χ3n) is 2.62. The van der Waals surface area contributed by atoms with E-state index in [0.29, 0.717) is 11.8 Å². The van der Waals surface area contributed by atoms with Gasteiger partial charge in [-0.15, -0.1) is 0 Å². The van der Waals surface area contributed by atoms with E-state index in [-0.39, 0.29) is 32.7 Å². The molecule has 1 heterocycles. The first kappa shape index (κ1) is 13.6. The van der Waals surface area contributed by atoms with Gasteiger partial charge in [0.05, 0.1) is 17.2 Å². The van der Waals surface area contributed by atoms with Crippen LogP contribution in [0.3, 0.4) is 0 Å². The second-order valence-electron chi connectivity index (χ2n) is 3.68. The van der Waals surface area contributed by atoms with E-state index >= 15 is 0 Å². The molecule has 19 heavy (non-hydrogen) atoms. The minimum absolute atomic E-state index is 0.192. The van der Waals surface area contributed by atoms with Gasteiger partial charge < -0.3 is 9.84 Å². The fourth-order valence-corrected chi connectivity index (χ4v) is 2.32. The summed E-state index contributed by atoms with van der Waals surface area (Å²) in [5, 5.41) is 10.7. The summed E-state index contributed by atoms with van der Waals surface area (Å²) in [5.41, 5.74) is 0.830. The first-order valence-electron chi connectivity index (χ1n) is 5.24. The Morgan fingerprint density at radius 3 is 2.37 bits per heavy atom. The maximum Gasteiger partial charge on any atom is 0.166 e. The molecule has 0 fully saturated rings. The van der Waals surface area contributed by atoms with Crippen molar-refractivity contribution in [2.24, 2.45) is 0 Å². The Morgan fingerprint density at radius 1 is 1.21 bits per heavy atom. The minimum Gasteiger partial charge on any atom is -0.504 e. The Bertz CT molecular complexity index is 624. The second kappa shape index (κ2) is 5.47. The number of phenolic OH excluding ortho intramolecular Hbond substituents is 1. The lowest BCUT2D eigenvalue weighted by atomic mass is 9.99. The van der Waals surface area contributed by atoms with Gasteiger partial charge in [0.15, 0.2) is 17.8 Å². The van der Waals surface area contributed by atoms with E-state index in [1.807, 2.05) is 0 Å². The number of aromatic nitrogens is 1. The van der Waals surface area contributed by atoms with Crippen molar-refractivity contribution < 1.29 is 14.6 Å². The van der Waals surface area contributed by atoms with Crippen LogP contribution in [0.5, 0.6) is 11.5 Å². The maximum atomic E-state index is 11.1. The maximum absolute atomic E-state index is 11.1. The molecule has 0 amide bonds. The number of hydrogen-bond donors (Lipinski definition) is 1. The van der Waals surface area contributed by atoms with Crippen molar-refractivity contribution in [1.82, 2.24) is 4.98 Å². The van der Waals surface area contributed by atoms with Gasteiger partial charge in [0.1, 0.15) is 0 Å². The lowest BCUT2D eigenvalue weighted by Crippen LogP contribution is -1.94. The first-order valence-corrected chi connectivity index (χ1v) is 6.00. The molecule has 0 aliphatic heterocycles. The van der Waals surface area contributed by atoms with E-state index < -0.39 is 0 Å². The number of halogens is 2. The molecule has 0 unspecified atom stereocenters. The number of methoxy groups -OCH3 is 1. The zero-order chi connectivity index (χ0) is 14.0. The molecule has 6 heteroatoms. The van der Waals surface area contributed by atoms with Crippen LogP contribution >= 0.6 is 23.2 Å². The molecular weight excluding hydrogens is 289 g/mol. The smallest absolute Gasteiger partial charge is 0.166 e. The van der Waals surface area contributed by atoms with Gasteiger partial charge in [-0.2, -0.15) is 0 Å². The first-order chi connectivity index (χ1) is 9.10. The molecule has 0 atom stereocenters. The van der Waals surface area contributed by atoms with Crippen molar-refractivity contribution in [2.45, 2.75) is 0 Å². The van der Waals surface area contributed by atoms with Crippen LogP contribution in [0.15, 0.2) is 24.5 Å². The van der Waals surface area contributed by atoms with Gasteiger partial charge in [0, 0.05) is 29.1 Å². The number of rotatable bonds is 3. The van der Waals surface area contributed by atoms with Crippen LogP contribution in [0, 0.1) is 0 Å². The molecule has 2 aromatic rings. The van der Waals surface area contributed by atoms with Crippen LogP contribution in [-0.4, -0.2) is 23.5 Å². The number of phenols is 1. The van der Waals surface area contributed by atoms with Crippen LogP contribution in [0.25, 0.3) is 11.1 Å². The number of aldehydes is 1. The summed E-state index contributed by atoms with van der Waals surface area (Å²) >= 11 is 12.1. The van der Waals surface area contributed by atoms with Crippen LogP contribution in [-0.2, 0) is 0 Å². The Kier molecular flexibility index (Phi) is 3.93. The van der Waals surface area contributed by atoms with E-state index in [1.54, 1.807) is 0 Å². The number of hydrogen-bond acceptors (Lipinski definition) is 4. The van der Waals surface area contributed by atoms with Gasteiger partial charge in [-0.25, -0.2) is 0 Å². The number of benzene rings is 1. The van der Waals surface area contributed by atoms with Crippen molar-refractivity contribution in [2.75, 3.05) is 7.11 Å². The average Bonchev–Trinajstić information content (AvgIpc) is 2.40. The fourth-order valence-electron chi connectivity index (χ4n) is 1.76. The van der Waals surface area contributed by atoms with Crippen molar-refractivity contribution in [3.8, 4) is 22.6 Å². The summed E-state index contributed by atoms with van der Waals surface area (Å²) in [7, 11) is 1.41. The van der Waals surface area contributed by atoms with Gasteiger partial charge in [-0.1, -0.05) is 23.2 Å². The van der Waals surface area contributed by atoms with Crippen molar-refractivity contribution in [3.63, 3.8) is 0 Å². The van der Waals surface area contributed by atoms with E-state index in [2.05, 4.69) is 4.98 Å². The molecule has 0 aliphatic rings. The summed E-state index contributed by atoms with van der Waals surface area (Å²) in [6.07, 6.45) is 3.38. The molecular formula is C13H9Cl2NO3. The number of carbonyl (C=O) groups is 1. The van der Waals surface area contributed by atoms with E-state index in [1.165, 1.54) is 31.6 Å². The predicted molar refractivity (Wildman–Crippen MR) is 73.3 cm³/mol. The van der Waals surface area contributed by atoms with E-state index in [4.69, 9.17) is 27.9 Å². The van der Waals surface area contributed by atoms with Gasteiger partial charge in [-0.3, -0.25) is 9.78 Å². The molecule has 0 bridgehead atoms. The number of aromatic hydroxyl groups is 1. The molecule has 1 aromatic heterocycles. The van der Waals surface area contributed by atoms with Crippen molar-refractivity contribution in [3.05, 3.63) is 40.1 Å². The Morgan fingerprint density at radius 2 is 1.84 bits per heavy atom. The van der Waals surface area contributed by atoms with Crippen LogP contribution < -0.4 is 4.74 Å². The molecule has 0 radical (unpaired) electrons. The standard InChI is InChI=1S/C13H9Cl2NO3/c1-19-10-3-2-7(6-17)11(13(10)18)12-8(14)4-16-5-9(12)15/h2-6,18H,1H3. The lowest BCUT2D eigenvalue weighted by molar-refractivity contribution is 0.112. The molecule has 0 saturated heterocycles. The second-order valence-corrected chi connectivity index (χ2v) is 4.49. The lowest BCUT2D eigenvalue weighted by Gasteiger charge is -2.13. The zero-order valence-electron chi connectivity index (χ0n) is 9.85. The summed E-state index contributed by atoms with van der Waals surface area (Å²) < 4.78 is 5.02. The number of nitrogens with zero attached hydrogens (tertiary/aromatic N) is 1. The van der Waals surface area contributed by atoms with Crippen LogP contribution in [0.2, 0.25) is 10.0 Å². The summed E-state index contributed by atoms with van der Waals surface area (Å²) in [6.45, 7) is 0. The number of pyridine rings is 1. The summed E-state index contributed by atoms with van der Waals surface area (Å²) in [6, 6.07) is 3.01. The van der Waals surface area contributed by atoms with E-state index in [9.17, 15) is 9.90 Å². The number of ether oxygens (including phenoxy) is 1. The Balaban J connectivity index is 2.84. The fraction of sp³-hybridized carbons (Fsp3) is 0.0769.